The Labute approximate surface area is 303 Å². The minimum absolute atomic E-state index is 0.141. The van der Waals surface area contributed by atoms with Crippen LogP contribution >= 0.6 is 0 Å². The third kappa shape index (κ3) is 20.1. The number of anilines is 1. The summed E-state index contributed by atoms with van der Waals surface area (Å²) < 4.78 is 0. The van der Waals surface area contributed by atoms with Crippen molar-refractivity contribution in [2.24, 2.45) is 17.8 Å². The van der Waals surface area contributed by atoms with Crippen LogP contribution in [-0.4, -0.2) is 24.9 Å². The Morgan fingerprint density at radius 2 is 1.57 bits per heavy atom. The zero-order chi connectivity index (χ0) is 37.6. The number of nitrogens with zero attached hydrogens (tertiary/aromatic N) is 1. The number of carbonyl (C=O) groups is 1. The lowest BCUT2D eigenvalue weighted by atomic mass is 9.90. The lowest BCUT2D eigenvalue weighted by Crippen LogP contribution is -2.23. The van der Waals surface area contributed by atoms with Gasteiger partial charge in [0.15, 0.2) is 0 Å². The predicted molar refractivity (Wildman–Crippen MR) is 219 cm³/mol. The summed E-state index contributed by atoms with van der Waals surface area (Å²) in [5.41, 5.74) is 6.99. The zero-order valence-electron chi connectivity index (χ0n) is 33.7. The largest absolute Gasteiger partial charge is 0.313 e. The molecule has 0 aromatic heterocycles. The number of amides is 1. The average molecular weight is 675 g/mol. The van der Waals surface area contributed by atoms with Crippen LogP contribution in [0, 0.1) is 40.4 Å². The number of hydrogen-bond acceptors (Lipinski definition) is 4. The number of benzene rings is 2. The number of nitrogens with one attached hydrogen (secondary N) is 3. The maximum absolute atomic E-state index is 13.6. The molecule has 5 heteroatoms. The molecule has 0 spiro atoms. The predicted octanol–water partition coefficient (Wildman–Crippen LogP) is 12.1. The third-order valence-electron chi connectivity index (χ3n) is 7.59. The van der Waals surface area contributed by atoms with E-state index in [1.54, 1.807) is 6.92 Å². The van der Waals surface area contributed by atoms with Crippen LogP contribution in [0.5, 0.6) is 0 Å². The highest BCUT2D eigenvalue weighted by Gasteiger charge is 2.31. The molecule has 3 N–H and O–H groups in total. The number of fused-ring (bicyclic) bond motifs is 1. The molecule has 0 saturated heterocycles. The van der Waals surface area contributed by atoms with Gasteiger partial charge >= 0.3 is 0 Å². The summed E-state index contributed by atoms with van der Waals surface area (Å²) >= 11 is 0. The highest BCUT2D eigenvalue weighted by Crippen LogP contribution is 2.33. The Balaban J connectivity index is 0. The van der Waals surface area contributed by atoms with E-state index in [9.17, 15) is 4.79 Å². The minimum atomic E-state index is 0.141. The molecular weight excluding hydrogens is 601 g/mol. The number of carbonyl (C=O) groups excluding carboxylic acids is 1. The van der Waals surface area contributed by atoms with E-state index in [2.05, 4.69) is 102 Å². The van der Waals surface area contributed by atoms with Gasteiger partial charge in [0.05, 0.1) is 6.54 Å². The van der Waals surface area contributed by atoms with Gasteiger partial charge in [0, 0.05) is 30.6 Å². The molecule has 2 aromatic rings. The summed E-state index contributed by atoms with van der Waals surface area (Å²) in [6, 6.07) is 13.1. The van der Waals surface area contributed by atoms with Gasteiger partial charge in [-0.3, -0.25) is 4.79 Å². The Kier molecular flexibility index (Phi) is 30.1. The van der Waals surface area contributed by atoms with Crippen molar-refractivity contribution in [1.82, 2.24) is 5.32 Å². The second-order valence-electron chi connectivity index (χ2n) is 12.9. The highest BCUT2D eigenvalue weighted by atomic mass is 16.2. The van der Waals surface area contributed by atoms with Crippen molar-refractivity contribution in [2.75, 3.05) is 11.4 Å². The van der Waals surface area contributed by atoms with Crippen LogP contribution in [0.2, 0.25) is 0 Å². The molecule has 2 unspecified atom stereocenters. The van der Waals surface area contributed by atoms with E-state index in [4.69, 9.17) is 10.8 Å². The quantitative estimate of drug-likeness (QED) is 0.130. The van der Waals surface area contributed by atoms with Gasteiger partial charge in [0.25, 0.3) is 5.91 Å². The lowest BCUT2D eigenvalue weighted by molar-refractivity contribution is 0.0996. The van der Waals surface area contributed by atoms with E-state index in [1.165, 1.54) is 41.1 Å². The second-order valence-corrected chi connectivity index (χ2v) is 12.9. The van der Waals surface area contributed by atoms with Crippen LogP contribution in [0.15, 0.2) is 36.4 Å². The van der Waals surface area contributed by atoms with E-state index in [0.29, 0.717) is 24.3 Å². The minimum Gasteiger partial charge on any atom is -0.313 e. The zero-order valence-corrected chi connectivity index (χ0v) is 33.7. The van der Waals surface area contributed by atoms with E-state index >= 15 is 0 Å². The summed E-state index contributed by atoms with van der Waals surface area (Å²) in [6.07, 6.45) is 12.1. The average Bonchev–Trinajstić information content (AvgIpc) is 3.42. The van der Waals surface area contributed by atoms with Crippen molar-refractivity contribution in [2.45, 2.75) is 154 Å². The van der Waals surface area contributed by atoms with Crippen LogP contribution in [0.25, 0.3) is 0 Å². The van der Waals surface area contributed by atoms with E-state index in [1.807, 2.05) is 32.6 Å². The maximum atomic E-state index is 13.6. The first-order chi connectivity index (χ1) is 23.6. The van der Waals surface area contributed by atoms with Gasteiger partial charge in [-0.2, -0.15) is 0 Å². The SMILES string of the molecule is CC.CC.CC=N.CCCC#CCC(C)CC(C)Cc1cccc(N2Cc3c(CCC)cc(CNCC(C)C)cc3C2=O)c1.CCCC=N. The molecule has 3 rings (SSSR count). The van der Waals surface area contributed by atoms with Crippen LogP contribution in [0.3, 0.4) is 0 Å². The second kappa shape index (κ2) is 30.8. The van der Waals surface area contributed by atoms with Gasteiger partial charge in [-0.15, -0.1) is 11.8 Å². The Morgan fingerprint density at radius 1 is 0.898 bits per heavy atom. The molecule has 1 heterocycles. The summed E-state index contributed by atoms with van der Waals surface area (Å²) in [5, 5.41) is 16.1. The van der Waals surface area contributed by atoms with Gasteiger partial charge in [0.1, 0.15) is 0 Å². The van der Waals surface area contributed by atoms with Crippen molar-refractivity contribution >= 4 is 24.0 Å². The van der Waals surface area contributed by atoms with Gasteiger partial charge in [0.2, 0.25) is 0 Å². The number of unbranched alkanes of at least 4 members (excludes halogenated alkanes) is 2. The molecule has 0 saturated carbocycles. The number of rotatable bonds is 15. The van der Waals surface area contributed by atoms with Crippen LogP contribution in [0.1, 0.15) is 161 Å². The first-order valence-electron chi connectivity index (χ1n) is 19.3. The summed E-state index contributed by atoms with van der Waals surface area (Å²) in [7, 11) is 0. The molecule has 49 heavy (non-hydrogen) atoms. The molecule has 5 nitrogen and oxygen atoms in total. The van der Waals surface area contributed by atoms with Crippen LogP contribution < -0.4 is 10.2 Å². The van der Waals surface area contributed by atoms with Crippen molar-refractivity contribution in [1.29, 1.82) is 10.8 Å². The Morgan fingerprint density at radius 3 is 2.12 bits per heavy atom. The Hall–Kier alpha value is -3.23. The van der Waals surface area contributed by atoms with Crippen LogP contribution in [0.4, 0.5) is 5.69 Å². The van der Waals surface area contributed by atoms with Crippen molar-refractivity contribution in [3.63, 3.8) is 0 Å². The summed E-state index contributed by atoms with van der Waals surface area (Å²) in [5.74, 6) is 8.57. The van der Waals surface area contributed by atoms with E-state index < -0.39 is 0 Å². The lowest BCUT2D eigenvalue weighted by Gasteiger charge is -2.19. The fraction of sp³-hybridized carbons (Fsp3) is 0.614. The molecule has 0 fully saturated rings. The topological polar surface area (TPSA) is 80.0 Å². The van der Waals surface area contributed by atoms with Crippen molar-refractivity contribution in [3.8, 4) is 11.8 Å². The normalized spacial score (nSPS) is 12.2. The molecule has 2 atom stereocenters. The van der Waals surface area contributed by atoms with Gasteiger partial charge < -0.3 is 21.0 Å². The molecule has 2 aromatic carbocycles. The molecule has 0 bridgehead atoms. The van der Waals surface area contributed by atoms with Crippen molar-refractivity contribution in [3.05, 3.63) is 64.2 Å². The first kappa shape index (κ1) is 47.9. The fourth-order valence-electron chi connectivity index (χ4n) is 5.57. The maximum Gasteiger partial charge on any atom is 0.258 e. The fourth-order valence-corrected chi connectivity index (χ4v) is 5.57. The molecule has 1 amide bonds. The molecule has 1 aliphatic rings. The third-order valence-corrected chi connectivity index (χ3v) is 7.59. The monoisotopic (exact) mass is 675 g/mol. The van der Waals surface area contributed by atoms with E-state index in [-0.39, 0.29) is 5.91 Å². The van der Waals surface area contributed by atoms with Gasteiger partial charge in [-0.05, 0) is 116 Å². The molecule has 1 aliphatic heterocycles. The molecular formula is C44H74N4O. The van der Waals surface area contributed by atoms with E-state index in [0.717, 1.165) is 75.7 Å². The molecule has 0 aliphatic carbocycles. The Bertz CT molecular complexity index is 1220. The van der Waals surface area contributed by atoms with Gasteiger partial charge in [-0.25, -0.2) is 0 Å². The number of hydrogen-bond donors (Lipinski definition) is 3. The molecule has 0 radical (unpaired) electrons. The smallest absolute Gasteiger partial charge is 0.258 e. The number of aryl methyl sites for hydroxylation is 1. The molecule has 276 valence electrons. The summed E-state index contributed by atoms with van der Waals surface area (Å²) in [6.45, 7) is 27.7. The van der Waals surface area contributed by atoms with Crippen molar-refractivity contribution < 1.29 is 4.79 Å². The summed E-state index contributed by atoms with van der Waals surface area (Å²) in [4.78, 5) is 15.6. The highest BCUT2D eigenvalue weighted by molar-refractivity contribution is 6.10. The first-order valence-corrected chi connectivity index (χ1v) is 19.3. The standard InChI is InChI=1S/C34H48N2O.C4H9N.C2H5N.2C2H6/c1-7-9-10-11-14-26(5)17-27(6)18-28-15-12-16-31(20-28)36-24-33-30(13-8-2)19-29(21-32(33)34(36)37)23-35-22-25(3)4;1-2-3-4-5;1-2-3;2*1-2/h12,15-16,19-21,25-27,35H,7-9,13-14,17-18,22-24H2,1-6H3;4-5H,2-3H2,1H3;2-3H,1H3;2*1-2H3. The van der Waals surface area contributed by atoms with Gasteiger partial charge in [-0.1, -0.05) is 107 Å². The van der Waals surface area contributed by atoms with Crippen LogP contribution in [-0.2, 0) is 25.9 Å².